The molecule has 1 atom stereocenters. The number of aromatic nitrogens is 2. The van der Waals surface area contributed by atoms with Gasteiger partial charge in [-0.05, 0) is 31.0 Å². The molecule has 0 aliphatic carbocycles. The highest BCUT2D eigenvalue weighted by atomic mass is 32.2. The molecule has 4 rings (SSSR count). The molecule has 136 valence electrons. The van der Waals surface area contributed by atoms with Crippen LogP contribution in [0.3, 0.4) is 0 Å². The van der Waals surface area contributed by atoms with Crippen LogP contribution >= 0.6 is 12.0 Å². The number of hydrogen-bond acceptors (Lipinski definition) is 5. The van der Waals surface area contributed by atoms with Gasteiger partial charge in [-0.25, -0.2) is 9.67 Å². The van der Waals surface area contributed by atoms with Crippen LogP contribution < -0.4 is 5.56 Å². The van der Waals surface area contributed by atoms with E-state index in [4.69, 9.17) is 4.18 Å². The summed E-state index contributed by atoms with van der Waals surface area (Å²) in [6, 6.07) is 19.4. The lowest BCUT2D eigenvalue weighted by molar-refractivity contribution is 0.575. The van der Waals surface area contributed by atoms with Crippen molar-refractivity contribution in [2.24, 2.45) is 4.99 Å². The van der Waals surface area contributed by atoms with E-state index in [1.54, 1.807) is 6.07 Å². The summed E-state index contributed by atoms with van der Waals surface area (Å²) in [6.45, 7) is 4.31. The van der Waals surface area contributed by atoms with Gasteiger partial charge < -0.3 is 4.18 Å². The van der Waals surface area contributed by atoms with Gasteiger partial charge in [0.05, 0.1) is 17.7 Å². The molecule has 0 radical (unpaired) electrons. The van der Waals surface area contributed by atoms with Gasteiger partial charge in [0, 0.05) is 11.6 Å². The molecule has 27 heavy (non-hydrogen) atoms. The first-order valence-electron chi connectivity index (χ1n) is 8.71. The van der Waals surface area contributed by atoms with E-state index >= 15 is 0 Å². The summed E-state index contributed by atoms with van der Waals surface area (Å²) < 4.78 is 7.06. The van der Waals surface area contributed by atoms with E-state index in [1.807, 2.05) is 49.4 Å². The van der Waals surface area contributed by atoms with Crippen LogP contribution in [-0.4, -0.2) is 15.7 Å². The second-order valence-electron chi connectivity index (χ2n) is 6.49. The zero-order valence-electron chi connectivity index (χ0n) is 15.1. The largest absolute Gasteiger partial charge is 0.406 e. The molecule has 3 aromatic rings. The Labute approximate surface area is 161 Å². The first-order valence-corrected chi connectivity index (χ1v) is 9.51. The molecule has 1 aliphatic rings. The summed E-state index contributed by atoms with van der Waals surface area (Å²) in [6.07, 6.45) is 0. The van der Waals surface area contributed by atoms with Crippen molar-refractivity contribution in [3.05, 3.63) is 87.7 Å². The van der Waals surface area contributed by atoms with Crippen LogP contribution in [-0.2, 0) is 10.7 Å². The lowest BCUT2D eigenvalue weighted by Gasteiger charge is -2.06. The minimum atomic E-state index is -0.179. The Morgan fingerprint density at radius 1 is 1.04 bits per heavy atom. The quantitative estimate of drug-likeness (QED) is 0.636. The monoisotopic (exact) mass is 377 g/mol. The molecule has 1 aliphatic heterocycles. The molecular weight excluding hydrogens is 358 g/mol. The van der Waals surface area contributed by atoms with Gasteiger partial charge in [-0.2, -0.15) is 5.10 Å². The predicted octanol–water partition coefficient (Wildman–Crippen LogP) is 4.30. The normalized spacial score (nSPS) is 16.1. The van der Waals surface area contributed by atoms with Crippen LogP contribution in [0.1, 0.15) is 22.1 Å². The maximum Gasteiger partial charge on any atom is 0.267 e. The Morgan fingerprint density at radius 2 is 1.81 bits per heavy atom. The summed E-state index contributed by atoms with van der Waals surface area (Å²) in [4.78, 5) is 16.9. The van der Waals surface area contributed by atoms with Crippen molar-refractivity contribution in [3.8, 4) is 11.3 Å². The first kappa shape index (κ1) is 17.5. The van der Waals surface area contributed by atoms with E-state index in [0.717, 1.165) is 16.8 Å². The maximum atomic E-state index is 12.2. The average Bonchev–Trinajstić information content (AvgIpc) is 3.13. The molecule has 0 bridgehead atoms. The molecule has 1 unspecified atom stereocenters. The van der Waals surface area contributed by atoms with Crippen molar-refractivity contribution >= 4 is 17.9 Å². The third-order valence-corrected chi connectivity index (χ3v) is 5.28. The second-order valence-corrected chi connectivity index (χ2v) is 7.30. The molecular formula is C21H19N3O2S. The molecule has 2 heterocycles. The fraction of sp³-hybridized carbons (Fsp3) is 0.190. The Hall–Kier alpha value is -2.86. The average molecular weight is 377 g/mol. The number of hydrogen-bond donors (Lipinski definition) is 0. The standard InChI is InChI=1S/C21H19N3O2S/c1-14-7-9-16(10-8-14)18-11-12-20(25)24(23-18)13-19-22-21(27-26-19)17-6-4-3-5-15(17)2/h3-12,21H,13H2,1-2H3. The summed E-state index contributed by atoms with van der Waals surface area (Å²) in [5.41, 5.74) is 5.00. The van der Waals surface area contributed by atoms with Crippen molar-refractivity contribution < 1.29 is 4.18 Å². The molecule has 0 saturated heterocycles. The summed E-state index contributed by atoms with van der Waals surface area (Å²) in [5.74, 6) is 0.504. The van der Waals surface area contributed by atoms with Crippen LogP contribution in [0.15, 0.2) is 70.5 Å². The summed E-state index contributed by atoms with van der Waals surface area (Å²) in [7, 11) is 0. The third-order valence-electron chi connectivity index (χ3n) is 4.45. The van der Waals surface area contributed by atoms with Gasteiger partial charge in [-0.3, -0.25) is 4.79 Å². The van der Waals surface area contributed by atoms with Crippen molar-refractivity contribution in [2.75, 3.05) is 0 Å². The Morgan fingerprint density at radius 3 is 2.59 bits per heavy atom. The topological polar surface area (TPSA) is 56.5 Å². The minimum absolute atomic E-state index is 0.114. The maximum absolute atomic E-state index is 12.2. The van der Waals surface area contributed by atoms with Crippen molar-refractivity contribution in [3.63, 3.8) is 0 Å². The Kier molecular flexibility index (Phi) is 4.81. The molecule has 1 aromatic heterocycles. The van der Waals surface area contributed by atoms with E-state index in [2.05, 4.69) is 23.1 Å². The predicted molar refractivity (Wildman–Crippen MR) is 109 cm³/mol. The zero-order chi connectivity index (χ0) is 18.8. The van der Waals surface area contributed by atoms with Crippen LogP contribution in [0.4, 0.5) is 0 Å². The molecule has 0 spiro atoms. The van der Waals surface area contributed by atoms with E-state index in [0.29, 0.717) is 5.90 Å². The van der Waals surface area contributed by atoms with Gasteiger partial charge >= 0.3 is 0 Å². The smallest absolute Gasteiger partial charge is 0.267 e. The van der Waals surface area contributed by atoms with Crippen molar-refractivity contribution in [2.45, 2.75) is 25.8 Å². The molecule has 2 aromatic carbocycles. The fourth-order valence-electron chi connectivity index (χ4n) is 2.90. The number of rotatable bonds is 4. The van der Waals surface area contributed by atoms with Gasteiger partial charge in [-0.1, -0.05) is 54.1 Å². The Balaban J connectivity index is 1.58. The van der Waals surface area contributed by atoms with Gasteiger partial charge in [0.2, 0.25) is 5.90 Å². The van der Waals surface area contributed by atoms with E-state index < -0.39 is 0 Å². The highest BCUT2D eigenvalue weighted by molar-refractivity contribution is 7.95. The van der Waals surface area contributed by atoms with Gasteiger partial charge in [0.25, 0.3) is 5.56 Å². The van der Waals surface area contributed by atoms with Crippen LogP contribution in [0.25, 0.3) is 11.3 Å². The van der Waals surface area contributed by atoms with Crippen molar-refractivity contribution in [1.29, 1.82) is 0 Å². The zero-order valence-corrected chi connectivity index (χ0v) is 15.9. The van der Waals surface area contributed by atoms with E-state index in [1.165, 1.54) is 33.9 Å². The summed E-state index contributed by atoms with van der Waals surface area (Å²) >= 11 is 1.30. The minimum Gasteiger partial charge on any atom is -0.406 e. The lowest BCUT2D eigenvalue weighted by Crippen LogP contribution is -2.26. The number of nitrogens with zero attached hydrogens (tertiary/aromatic N) is 3. The lowest BCUT2D eigenvalue weighted by atomic mass is 10.1. The highest BCUT2D eigenvalue weighted by Crippen LogP contribution is 2.38. The number of aliphatic imine (C=N–C) groups is 1. The van der Waals surface area contributed by atoms with Crippen LogP contribution in [0.5, 0.6) is 0 Å². The Bertz CT molecular complexity index is 1060. The van der Waals surface area contributed by atoms with Crippen LogP contribution in [0.2, 0.25) is 0 Å². The second kappa shape index (κ2) is 7.40. The number of benzene rings is 2. The molecule has 0 fully saturated rings. The molecule has 5 nitrogen and oxygen atoms in total. The van der Waals surface area contributed by atoms with Gasteiger partial charge in [-0.15, -0.1) is 0 Å². The SMILES string of the molecule is Cc1ccc(-c2ccc(=O)n(CC3=NC(c4ccccc4C)SO3)n2)cc1. The fourth-order valence-corrected chi connectivity index (χ4v) is 3.72. The molecule has 0 saturated carbocycles. The highest BCUT2D eigenvalue weighted by Gasteiger charge is 2.24. The van der Waals surface area contributed by atoms with Gasteiger partial charge in [0.15, 0.2) is 5.37 Å². The third kappa shape index (κ3) is 3.80. The first-order chi connectivity index (χ1) is 13.1. The molecule has 0 N–H and O–H groups in total. The number of aryl methyl sites for hydroxylation is 2. The van der Waals surface area contributed by atoms with E-state index in [-0.39, 0.29) is 17.5 Å². The molecule has 0 amide bonds. The van der Waals surface area contributed by atoms with Crippen LogP contribution in [0, 0.1) is 13.8 Å². The van der Waals surface area contributed by atoms with Gasteiger partial charge in [0.1, 0.15) is 6.54 Å². The summed E-state index contributed by atoms with van der Waals surface area (Å²) in [5, 5.41) is 4.37. The molecule has 6 heteroatoms. The van der Waals surface area contributed by atoms with Crippen molar-refractivity contribution in [1.82, 2.24) is 9.78 Å². The van der Waals surface area contributed by atoms with E-state index in [9.17, 15) is 4.79 Å².